The van der Waals surface area contributed by atoms with E-state index in [1.165, 1.54) is 4.90 Å². The van der Waals surface area contributed by atoms with E-state index in [-0.39, 0.29) is 12.6 Å². The first-order chi connectivity index (χ1) is 15.0. The third kappa shape index (κ3) is 5.64. The summed E-state index contributed by atoms with van der Waals surface area (Å²) in [5.74, 6) is 0.229. The lowest BCUT2D eigenvalue weighted by Crippen LogP contribution is -2.46. The fourth-order valence-corrected chi connectivity index (χ4v) is 3.26. The van der Waals surface area contributed by atoms with Crippen LogP contribution in [0.25, 0.3) is 0 Å². The molecule has 0 aromatic heterocycles. The Kier molecular flexibility index (Phi) is 7.67. The maximum atomic E-state index is 12.8. The van der Waals surface area contributed by atoms with Crippen LogP contribution in [0.5, 0.6) is 5.75 Å². The number of carbonyl (C=O) groups is 2. The highest BCUT2D eigenvalue weighted by atomic mass is 16.6. The molecule has 1 atom stereocenters. The van der Waals surface area contributed by atoms with E-state index in [1.54, 1.807) is 14.0 Å². The van der Waals surface area contributed by atoms with Crippen molar-refractivity contribution in [3.63, 3.8) is 0 Å². The van der Waals surface area contributed by atoms with Gasteiger partial charge >= 0.3 is 12.0 Å². The van der Waals surface area contributed by atoms with Crippen molar-refractivity contribution in [2.24, 2.45) is 0 Å². The molecule has 0 saturated heterocycles. The van der Waals surface area contributed by atoms with Gasteiger partial charge in [-0.15, -0.1) is 0 Å². The number of benzene rings is 2. The fraction of sp³-hybridized carbons (Fsp3) is 0.333. The second-order valence-electron chi connectivity index (χ2n) is 7.12. The van der Waals surface area contributed by atoms with E-state index >= 15 is 0 Å². The van der Waals surface area contributed by atoms with Gasteiger partial charge in [0.15, 0.2) is 0 Å². The highest BCUT2D eigenvalue weighted by Crippen LogP contribution is 2.31. The minimum Gasteiger partial charge on any atom is -0.489 e. The van der Waals surface area contributed by atoms with E-state index < -0.39 is 12.0 Å². The monoisotopic (exact) mass is 424 g/mol. The van der Waals surface area contributed by atoms with Crippen LogP contribution in [-0.2, 0) is 20.9 Å². The van der Waals surface area contributed by atoms with Crippen LogP contribution in [0, 0.1) is 0 Å². The quantitative estimate of drug-likeness (QED) is 0.489. The van der Waals surface area contributed by atoms with Crippen LogP contribution >= 0.6 is 0 Å². The summed E-state index contributed by atoms with van der Waals surface area (Å²) in [4.78, 5) is 26.6. The molecule has 164 valence electrons. The zero-order valence-electron chi connectivity index (χ0n) is 18.1. The molecule has 0 radical (unpaired) electrons. The summed E-state index contributed by atoms with van der Waals surface area (Å²) in [6, 6.07) is 16.4. The molecule has 2 aromatic rings. The maximum absolute atomic E-state index is 12.8. The highest BCUT2D eigenvalue weighted by Gasteiger charge is 2.35. The number of nitrogens with one attached hydrogen (secondary N) is 1. The first-order valence-electron chi connectivity index (χ1n) is 10.3. The van der Waals surface area contributed by atoms with Crippen molar-refractivity contribution in [2.45, 2.75) is 26.5 Å². The van der Waals surface area contributed by atoms with Crippen molar-refractivity contribution in [3.05, 3.63) is 77.0 Å². The van der Waals surface area contributed by atoms with Gasteiger partial charge in [-0.1, -0.05) is 42.5 Å². The van der Waals surface area contributed by atoms with Crippen LogP contribution in [0.3, 0.4) is 0 Å². The second-order valence-corrected chi connectivity index (χ2v) is 7.12. The maximum Gasteiger partial charge on any atom is 0.338 e. The zero-order valence-corrected chi connectivity index (χ0v) is 18.1. The summed E-state index contributed by atoms with van der Waals surface area (Å²) in [6.07, 6.45) is 0. The van der Waals surface area contributed by atoms with Gasteiger partial charge in [0.2, 0.25) is 0 Å². The Morgan fingerprint density at radius 1 is 1.06 bits per heavy atom. The summed E-state index contributed by atoms with van der Waals surface area (Å²) >= 11 is 0. The number of ether oxygens (including phenoxy) is 3. The number of amides is 2. The number of carbonyl (C=O) groups excluding carboxylic acids is 2. The molecule has 0 unspecified atom stereocenters. The van der Waals surface area contributed by atoms with Crippen LogP contribution in [0.4, 0.5) is 4.79 Å². The van der Waals surface area contributed by atoms with Crippen molar-refractivity contribution >= 4 is 12.0 Å². The van der Waals surface area contributed by atoms with E-state index in [0.717, 1.165) is 11.1 Å². The number of esters is 1. The molecule has 0 spiro atoms. The molecule has 1 aliphatic heterocycles. The van der Waals surface area contributed by atoms with Gasteiger partial charge in [-0.2, -0.15) is 0 Å². The summed E-state index contributed by atoms with van der Waals surface area (Å²) in [7, 11) is 1.62. The van der Waals surface area contributed by atoms with E-state index in [0.29, 0.717) is 36.8 Å². The average molecular weight is 424 g/mol. The van der Waals surface area contributed by atoms with Crippen LogP contribution in [0.15, 0.2) is 65.9 Å². The molecule has 0 saturated carbocycles. The standard InChI is InChI=1S/C24H28N2O5/c1-4-29-14-15-30-23(27)21-17(2)26(3)24(28)25-22(21)19-10-12-20(13-11-19)31-16-18-8-6-5-7-9-18/h5-13,22H,4,14-16H2,1-3H3,(H,25,28)/t22-/m0/s1. The highest BCUT2D eigenvalue weighted by molar-refractivity contribution is 5.95. The third-order valence-electron chi connectivity index (χ3n) is 5.10. The van der Waals surface area contributed by atoms with Gasteiger partial charge in [0.25, 0.3) is 0 Å². The topological polar surface area (TPSA) is 77.1 Å². The third-order valence-corrected chi connectivity index (χ3v) is 5.10. The van der Waals surface area contributed by atoms with E-state index in [1.807, 2.05) is 61.5 Å². The predicted octanol–water partition coefficient (Wildman–Crippen LogP) is 3.82. The molecule has 2 amide bonds. The average Bonchev–Trinajstić information content (AvgIpc) is 2.79. The summed E-state index contributed by atoms with van der Waals surface area (Å²) in [6.45, 7) is 5.11. The Morgan fingerprint density at radius 2 is 1.77 bits per heavy atom. The van der Waals surface area contributed by atoms with E-state index in [4.69, 9.17) is 14.2 Å². The lowest BCUT2D eigenvalue weighted by molar-refractivity contribution is -0.141. The van der Waals surface area contributed by atoms with Crippen molar-refractivity contribution in [2.75, 3.05) is 26.9 Å². The van der Waals surface area contributed by atoms with Crippen molar-refractivity contribution in [1.82, 2.24) is 10.2 Å². The van der Waals surface area contributed by atoms with Crippen molar-refractivity contribution < 1.29 is 23.8 Å². The predicted molar refractivity (Wildman–Crippen MR) is 116 cm³/mol. The SMILES string of the molecule is CCOCCOC(=O)C1=C(C)N(C)C(=O)N[C@H]1c1ccc(OCc2ccccc2)cc1. The molecular formula is C24H28N2O5. The van der Waals surface area contributed by atoms with Crippen LogP contribution in [0.1, 0.15) is 31.0 Å². The first-order valence-corrected chi connectivity index (χ1v) is 10.3. The molecular weight excluding hydrogens is 396 g/mol. The van der Waals surface area contributed by atoms with Gasteiger partial charge in [-0.3, -0.25) is 0 Å². The minimum absolute atomic E-state index is 0.153. The Morgan fingerprint density at radius 3 is 2.45 bits per heavy atom. The smallest absolute Gasteiger partial charge is 0.338 e. The van der Waals surface area contributed by atoms with Gasteiger partial charge in [-0.25, -0.2) is 9.59 Å². The van der Waals surface area contributed by atoms with Crippen molar-refractivity contribution in [3.8, 4) is 5.75 Å². The molecule has 0 bridgehead atoms. The molecule has 3 rings (SSSR count). The van der Waals surface area contributed by atoms with Crippen LogP contribution in [-0.4, -0.2) is 43.8 Å². The Hall–Kier alpha value is -3.32. The number of hydrogen-bond donors (Lipinski definition) is 1. The molecule has 1 N–H and O–H groups in total. The molecule has 1 aliphatic rings. The number of nitrogens with zero attached hydrogens (tertiary/aromatic N) is 1. The number of hydrogen-bond acceptors (Lipinski definition) is 5. The summed E-state index contributed by atoms with van der Waals surface area (Å²) in [5.41, 5.74) is 2.80. The molecule has 7 heteroatoms. The van der Waals surface area contributed by atoms with Gasteiger partial charge in [-0.05, 0) is 37.1 Å². The lowest BCUT2D eigenvalue weighted by Gasteiger charge is -2.33. The second kappa shape index (κ2) is 10.6. The van der Waals surface area contributed by atoms with E-state index in [2.05, 4.69) is 5.32 Å². The van der Waals surface area contributed by atoms with Gasteiger partial charge < -0.3 is 24.4 Å². The van der Waals surface area contributed by atoms with Crippen LogP contribution in [0.2, 0.25) is 0 Å². The molecule has 2 aromatic carbocycles. The number of urea groups is 1. The summed E-state index contributed by atoms with van der Waals surface area (Å²) in [5, 5.41) is 2.88. The van der Waals surface area contributed by atoms with Gasteiger partial charge in [0, 0.05) is 19.4 Å². The summed E-state index contributed by atoms with van der Waals surface area (Å²) < 4.78 is 16.4. The minimum atomic E-state index is -0.605. The van der Waals surface area contributed by atoms with Crippen molar-refractivity contribution in [1.29, 1.82) is 0 Å². The molecule has 0 fully saturated rings. The zero-order chi connectivity index (χ0) is 22.2. The fourth-order valence-electron chi connectivity index (χ4n) is 3.26. The first kappa shape index (κ1) is 22.4. The van der Waals surface area contributed by atoms with Gasteiger partial charge in [0.05, 0.1) is 18.2 Å². The Bertz CT molecular complexity index is 925. The normalized spacial score (nSPS) is 16.2. The Balaban J connectivity index is 1.74. The molecule has 1 heterocycles. The molecule has 7 nitrogen and oxygen atoms in total. The number of rotatable bonds is 9. The van der Waals surface area contributed by atoms with Crippen LogP contribution < -0.4 is 10.1 Å². The number of allylic oxidation sites excluding steroid dienone is 1. The van der Waals surface area contributed by atoms with E-state index in [9.17, 15) is 9.59 Å². The molecule has 0 aliphatic carbocycles. The van der Waals surface area contributed by atoms with Gasteiger partial charge in [0.1, 0.15) is 19.0 Å². The Labute approximate surface area is 182 Å². The molecule has 31 heavy (non-hydrogen) atoms. The lowest BCUT2D eigenvalue weighted by atomic mass is 9.95. The largest absolute Gasteiger partial charge is 0.489 e.